The third-order valence-corrected chi connectivity index (χ3v) is 3.93. The van der Waals surface area contributed by atoms with E-state index in [1.54, 1.807) is 0 Å². The lowest BCUT2D eigenvalue weighted by molar-refractivity contribution is 0.112. The van der Waals surface area contributed by atoms with Gasteiger partial charge >= 0.3 is 0 Å². The summed E-state index contributed by atoms with van der Waals surface area (Å²) in [5.74, 6) is 0. The van der Waals surface area contributed by atoms with Gasteiger partial charge in [-0.1, -0.05) is 54.9 Å². The molecule has 3 heteroatoms. The van der Waals surface area contributed by atoms with Gasteiger partial charge < -0.3 is 4.98 Å². The second-order valence-electron chi connectivity index (χ2n) is 4.70. The number of aromatic amines is 1. The zero-order chi connectivity index (χ0) is 14.1. The number of hydrogen-bond acceptors (Lipinski definition) is 1. The molecule has 1 heterocycles. The Hall–Kier alpha value is -2.06. The predicted molar refractivity (Wildman–Crippen MR) is 83.5 cm³/mol. The van der Waals surface area contributed by atoms with E-state index in [4.69, 9.17) is 11.6 Å². The van der Waals surface area contributed by atoms with E-state index in [0.29, 0.717) is 10.6 Å². The van der Waals surface area contributed by atoms with Crippen LogP contribution in [-0.2, 0) is 6.42 Å². The first-order chi connectivity index (χ1) is 9.76. The highest BCUT2D eigenvalue weighted by Crippen LogP contribution is 2.34. The third-order valence-electron chi connectivity index (χ3n) is 3.60. The normalized spacial score (nSPS) is 10.9. The van der Waals surface area contributed by atoms with Crippen LogP contribution in [0.5, 0.6) is 0 Å². The van der Waals surface area contributed by atoms with Crippen molar-refractivity contribution in [2.24, 2.45) is 0 Å². The van der Waals surface area contributed by atoms with Crippen LogP contribution in [0.25, 0.3) is 22.2 Å². The van der Waals surface area contributed by atoms with Gasteiger partial charge in [-0.2, -0.15) is 0 Å². The van der Waals surface area contributed by atoms with Crippen molar-refractivity contribution in [1.82, 2.24) is 4.98 Å². The lowest BCUT2D eigenvalue weighted by Gasteiger charge is -2.02. The molecule has 0 bridgehead atoms. The van der Waals surface area contributed by atoms with Crippen LogP contribution in [0.4, 0.5) is 0 Å². The number of rotatable bonds is 3. The van der Waals surface area contributed by atoms with Crippen molar-refractivity contribution in [3.05, 3.63) is 58.6 Å². The van der Waals surface area contributed by atoms with Crippen LogP contribution >= 0.6 is 11.6 Å². The molecule has 0 saturated carbocycles. The molecule has 0 atom stereocenters. The molecule has 0 aliphatic carbocycles. The van der Waals surface area contributed by atoms with Crippen molar-refractivity contribution < 1.29 is 4.79 Å². The summed E-state index contributed by atoms with van der Waals surface area (Å²) in [5, 5.41) is 1.59. The van der Waals surface area contributed by atoms with Gasteiger partial charge in [-0.3, -0.25) is 4.79 Å². The number of aromatic nitrogens is 1. The third kappa shape index (κ3) is 1.93. The molecule has 0 fully saturated rings. The fourth-order valence-corrected chi connectivity index (χ4v) is 2.82. The Morgan fingerprint density at radius 2 is 1.95 bits per heavy atom. The van der Waals surface area contributed by atoms with Gasteiger partial charge in [0, 0.05) is 27.1 Å². The number of halogens is 1. The average molecular weight is 284 g/mol. The number of para-hydroxylation sites is 1. The lowest BCUT2D eigenvalue weighted by atomic mass is 10.0. The zero-order valence-electron chi connectivity index (χ0n) is 11.1. The largest absolute Gasteiger partial charge is 0.354 e. The fourth-order valence-electron chi connectivity index (χ4n) is 2.59. The van der Waals surface area contributed by atoms with E-state index < -0.39 is 0 Å². The first-order valence-electron chi connectivity index (χ1n) is 6.60. The van der Waals surface area contributed by atoms with E-state index in [1.165, 1.54) is 5.56 Å². The van der Waals surface area contributed by atoms with Crippen LogP contribution in [0, 0.1) is 0 Å². The molecule has 0 radical (unpaired) electrons. The van der Waals surface area contributed by atoms with Crippen LogP contribution in [0.3, 0.4) is 0 Å². The standard InChI is InChI=1S/C17H14ClNO/c1-2-11-6-5-8-12-14(10-20)17(19-16(11)12)13-7-3-4-9-15(13)18/h3-10,19H,2H2,1H3. The molecule has 0 aliphatic heterocycles. The molecule has 1 N–H and O–H groups in total. The molecule has 0 aliphatic rings. The number of aldehydes is 1. The van der Waals surface area contributed by atoms with Crippen LogP contribution in [0.1, 0.15) is 22.8 Å². The van der Waals surface area contributed by atoms with Crippen molar-refractivity contribution in [2.75, 3.05) is 0 Å². The summed E-state index contributed by atoms with van der Waals surface area (Å²) in [6.07, 6.45) is 1.81. The maximum absolute atomic E-state index is 11.5. The van der Waals surface area contributed by atoms with E-state index in [0.717, 1.165) is 34.9 Å². The number of benzene rings is 2. The molecular weight excluding hydrogens is 270 g/mol. The van der Waals surface area contributed by atoms with Gasteiger partial charge in [-0.25, -0.2) is 0 Å². The molecule has 0 saturated heterocycles. The predicted octanol–water partition coefficient (Wildman–Crippen LogP) is 4.86. The number of hydrogen-bond donors (Lipinski definition) is 1. The number of carbonyl (C=O) groups is 1. The second kappa shape index (κ2) is 5.14. The monoisotopic (exact) mass is 283 g/mol. The molecule has 3 aromatic rings. The Labute approximate surface area is 122 Å². The molecule has 1 aromatic heterocycles. The van der Waals surface area contributed by atoms with E-state index in [9.17, 15) is 4.79 Å². The topological polar surface area (TPSA) is 32.9 Å². The minimum absolute atomic E-state index is 0.639. The van der Waals surface area contributed by atoms with E-state index >= 15 is 0 Å². The number of aryl methyl sites for hydroxylation is 1. The van der Waals surface area contributed by atoms with Crippen LogP contribution < -0.4 is 0 Å². The highest BCUT2D eigenvalue weighted by atomic mass is 35.5. The first kappa shape index (κ1) is 12.9. The molecule has 2 aromatic carbocycles. The van der Waals surface area contributed by atoms with Gasteiger partial charge in [0.05, 0.1) is 5.69 Å². The van der Waals surface area contributed by atoms with Crippen LogP contribution in [0.2, 0.25) is 5.02 Å². The smallest absolute Gasteiger partial charge is 0.152 e. The molecule has 20 heavy (non-hydrogen) atoms. The minimum atomic E-state index is 0.639. The summed E-state index contributed by atoms with van der Waals surface area (Å²) in [6, 6.07) is 13.6. The van der Waals surface area contributed by atoms with Gasteiger partial charge in [0.25, 0.3) is 0 Å². The van der Waals surface area contributed by atoms with Gasteiger partial charge in [0.15, 0.2) is 6.29 Å². The lowest BCUT2D eigenvalue weighted by Crippen LogP contribution is -1.85. The van der Waals surface area contributed by atoms with E-state index in [2.05, 4.69) is 18.0 Å². The molecule has 2 nitrogen and oxygen atoms in total. The van der Waals surface area contributed by atoms with Crippen molar-refractivity contribution in [3.8, 4) is 11.3 Å². The minimum Gasteiger partial charge on any atom is -0.354 e. The Morgan fingerprint density at radius 1 is 1.15 bits per heavy atom. The van der Waals surface area contributed by atoms with Crippen molar-refractivity contribution >= 4 is 28.8 Å². The van der Waals surface area contributed by atoms with Gasteiger partial charge in [-0.15, -0.1) is 0 Å². The van der Waals surface area contributed by atoms with Crippen molar-refractivity contribution in [2.45, 2.75) is 13.3 Å². The quantitative estimate of drug-likeness (QED) is 0.684. The number of H-pyrrole nitrogens is 1. The van der Waals surface area contributed by atoms with Crippen LogP contribution in [-0.4, -0.2) is 11.3 Å². The number of carbonyl (C=O) groups excluding carboxylic acids is 1. The zero-order valence-corrected chi connectivity index (χ0v) is 11.9. The Balaban J connectivity index is 2.37. The highest BCUT2D eigenvalue weighted by Gasteiger charge is 2.15. The summed E-state index contributed by atoms with van der Waals surface area (Å²) in [5.41, 5.74) is 4.54. The van der Waals surface area contributed by atoms with Gasteiger partial charge in [0.2, 0.25) is 0 Å². The fraction of sp³-hybridized carbons (Fsp3) is 0.118. The Kier molecular flexibility index (Phi) is 3.33. The van der Waals surface area contributed by atoms with Gasteiger partial charge in [0.1, 0.15) is 0 Å². The number of nitrogens with one attached hydrogen (secondary N) is 1. The first-order valence-corrected chi connectivity index (χ1v) is 6.97. The maximum Gasteiger partial charge on any atom is 0.152 e. The van der Waals surface area contributed by atoms with E-state index in [-0.39, 0.29) is 0 Å². The SMILES string of the molecule is CCc1cccc2c(C=O)c(-c3ccccc3Cl)[nH]c12. The molecule has 0 spiro atoms. The van der Waals surface area contributed by atoms with Crippen molar-refractivity contribution in [1.29, 1.82) is 0 Å². The summed E-state index contributed by atoms with van der Waals surface area (Å²) in [7, 11) is 0. The Morgan fingerprint density at radius 3 is 2.65 bits per heavy atom. The van der Waals surface area contributed by atoms with Gasteiger partial charge in [-0.05, 0) is 18.1 Å². The summed E-state index contributed by atoms with van der Waals surface area (Å²) in [6.45, 7) is 2.10. The molecule has 100 valence electrons. The molecule has 0 amide bonds. The average Bonchev–Trinajstić information content (AvgIpc) is 2.85. The summed E-state index contributed by atoms with van der Waals surface area (Å²) >= 11 is 6.25. The highest BCUT2D eigenvalue weighted by molar-refractivity contribution is 6.33. The maximum atomic E-state index is 11.5. The number of fused-ring (bicyclic) bond motifs is 1. The molecule has 3 rings (SSSR count). The van der Waals surface area contributed by atoms with E-state index in [1.807, 2.05) is 36.4 Å². The second-order valence-corrected chi connectivity index (χ2v) is 5.11. The summed E-state index contributed by atoms with van der Waals surface area (Å²) in [4.78, 5) is 14.9. The van der Waals surface area contributed by atoms with Crippen molar-refractivity contribution in [3.63, 3.8) is 0 Å². The molecule has 0 unspecified atom stereocenters. The molecular formula is C17H14ClNO. The van der Waals surface area contributed by atoms with Crippen LogP contribution in [0.15, 0.2) is 42.5 Å². The summed E-state index contributed by atoms with van der Waals surface area (Å²) < 4.78 is 0. The Bertz CT molecular complexity index is 789.